The molecule has 2 nitrogen and oxygen atoms in total. The third-order valence-electron chi connectivity index (χ3n) is 8.50. The minimum atomic E-state index is 0.940. The van der Waals surface area contributed by atoms with Crippen LogP contribution in [-0.4, -0.2) is 9.97 Å². The average molecular weight is 587 g/mol. The molecule has 0 atom stereocenters. The molecule has 0 radical (unpaired) electrons. The Morgan fingerprint density at radius 1 is 0.261 bits per heavy atom. The van der Waals surface area contributed by atoms with Crippen molar-refractivity contribution in [1.29, 1.82) is 0 Å². The lowest BCUT2D eigenvalue weighted by Gasteiger charge is -2.13. The molecule has 8 aromatic rings. The van der Waals surface area contributed by atoms with Crippen molar-refractivity contribution in [1.82, 2.24) is 9.97 Å². The zero-order valence-electron chi connectivity index (χ0n) is 25.2. The molecule has 0 aliphatic carbocycles. The smallest absolute Gasteiger partial charge is 0.0715 e. The van der Waals surface area contributed by atoms with Crippen molar-refractivity contribution in [2.45, 2.75) is 0 Å². The van der Waals surface area contributed by atoms with Gasteiger partial charge in [-0.25, -0.2) is 4.98 Å². The van der Waals surface area contributed by atoms with Crippen LogP contribution in [0.15, 0.2) is 182 Å². The van der Waals surface area contributed by atoms with Gasteiger partial charge >= 0.3 is 0 Å². The molecule has 0 amide bonds. The van der Waals surface area contributed by atoms with Crippen LogP contribution in [0, 0.1) is 0 Å². The quantitative estimate of drug-likeness (QED) is 0.194. The van der Waals surface area contributed by atoms with Gasteiger partial charge in [-0.05, 0) is 69.1 Å². The van der Waals surface area contributed by atoms with E-state index in [9.17, 15) is 0 Å². The first kappa shape index (κ1) is 27.4. The van der Waals surface area contributed by atoms with E-state index < -0.39 is 0 Å². The minimum absolute atomic E-state index is 0.940. The molecule has 216 valence electrons. The van der Waals surface area contributed by atoms with E-state index >= 15 is 0 Å². The molecule has 0 unspecified atom stereocenters. The summed E-state index contributed by atoms with van der Waals surface area (Å²) in [6.07, 6.45) is 1.95. The summed E-state index contributed by atoms with van der Waals surface area (Å²) >= 11 is 0. The number of fused-ring (bicyclic) bond motifs is 1. The van der Waals surface area contributed by atoms with Crippen LogP contribution >= 0.6 is 0 Å². The number of rotatable bonds is 6. The molecule has 8 rings (SSSR count). The summed E-state index contributed by atoms with van der Waals surface area (Å²) in [5.74, 6) is 0. The van der Waals surface area contributed by atoms with Gasteiger partial charge in [0.1, 0.15) is 0 Å². The Hall–Kier alpha value is -6.12. The largest absolute Gasteiger partial charge is 0.256 e. The van der Waals surface area contributed by atoms with E-state index in [-0.39, 0.29) is 0 Å². The topological polar surface area (TPSA) is 25.8 Å². The van der Waals surface area contributed by atoms with Gasteiger partial charge in [-0.1, -0.05) is 146 Å². The maximum absolute atomic E-state index is 5.25. The van der Waals surface area contributed by atoms with E-state index in [2.05, 4.69) is 170 Å². The molecule has 46 heavy (non-hydrogen) atoms. The fourth-order valence-electron chi connectivity index (χ4n) is 6.05. The highest BCUT2D eigenvalue weighted by atomic mass is 14.7. The Balaban J connectivity index is 1.23. The van der Waals surface area contributed by atoms with Crippen LogP contribution in [0.3, 0.4) is 0 Å². The van der Waals surface area contributed by atoms with E-state index in [1.165, 1.54) is 27.6 Å². The van der Waals surface area contributed by atoms with Gasteiger partial charge in [0.05, 0.1) is 17.1 Å². The van der Waals surface area contributed by atoms with Crippen molar-refractivity contribution < 1.29 is 0 Å². The van der Waals surface area contributed by atoms with E-state index in [0.717, 1.165) is 50.3 Å². The van der Waals surface area contributed by atoms with Crippen molar-refractivity contribution in [2.24, 2.45) is 0 Å². The molecule has 2 heteroatoms. The first-order valence-electron chi connectivity index (χ1n) is 15.6. The number of hydrogen-bond donors (Lipinski definition) is 0. The van der Waals surface area contributed by atoms with Gasteiger partial charge in [-0.15, -0.1) is 0 Å². The van der Waals surface area contributed by atoms with E-state index in [4.69, 9.17) is 9.97 Å². The van der Waals surface area contributed by atoms with Crippen molar-refractivity contribution in [2.75, 3.05) is 0 Å². The molecule has 0 aliphatic heterocycles. The van der Waals surface area contributed by atoms with Crippen molar-refractivity contribution >= 4 is 10.8 Å². The molecule has 0 saturated carbocycles. The maximum atomic E-state index is 5.25. The Morgan fingerprint density at radius 2 is 0.717 bits per heavy atom. The average Bonchev–Trinajstić information content (AvgIpc) is 3.15. The van der Waals surface area contributed by atoms with Crippen LogP contribution in [0.4, 0.5) is 0 Å². The second-order valence-electron chi connectivity index (χ2n) is 11.5. The van der Waals surface area contributed by atoms with Gasteiger partial charge in [-0.3, -0.25) is 4.98 Å². The van der Waals surface area contributed by atoms with Crippen LogP contribution in [0.2, 0.25) is 0 Å². The van der Waals surface area contributed by atoms with Crippen LogP contribution in [0.1, 0.15) is 0 Å². The second kappa shape index (κ2) is 12.1. The Labute approximate surface area is 269 Å². The van der Waals surface area contributed by atoms with E-state index in [1.54, 1.807) is 0 Å². The Kier molecular flexibility index (Phi) is 7.22. The van der Waals surface area contributed by atoms with Gasteiger partial charge < -0.3 is 0 Å². The highest BCUT2D eigenvalue weighted by molar-refractivity contribution is 5.86. The van der Waals surface area contributed by atoms with Gasteiger partial charge in [0, 0.05) is 28.3 Å². The monoisotopic (exact) mass is 586 g/mol. The summed E-state index contributed by atoms with van der Waals surface area (Å²) in [5.41, 5.74) is 13.1. The Bertz CT molecular complexity index is 2190. The van der Waals surface area contributed by atoms with Crippen LogP contribution in [0.25, 0.3) is 77.9 Å². The standard InChI is InChI=1S/C44H30N2/c1-3-11-31(12-4-1)35-17-9-19-38(25-35)43-28-41(29-44(46-43)39-20-10-18-36(26-39)32-13-5-2-6-14-32)33-21-23-34(24-22-33)42-27-37-15-7-8-16-40(37)30-45-42/h1-30H. The lowest BCUT2D eigenvalue weighted by atomic mass is 9.96. The van der Waals surface area contributed by atoms with Crippen LogP contribution in [0.5, 0.6) is 0 Å². The lowest BCUT2D eigenvalue weighted by Crippen LogP contribution is -1.92. The maximum Gasteiger partial charge on any atom is 0.0715 e. The molecule has 0 bridgehead atoms. The summed E-state index contributed by atoms with van der Waals surface area (Å²) in [6.45, 7) is 0. The highest BCUT2D eigenvalue weighted by Crippen LogP contribution is 2.34. The van der Waals surface area contributed by atoms with Crippen LogP contribution < -0.4 is 0 Å². The molecule has 0 aliphatic rings. The SMILES string of the molecule is c1ccc(-c2cccc(-c3cc(-c4ccc(-c5cc6ccccc6cn5)cc4)cc(-c4cccc(-c5ccccc5)c4)n3)c2)cc1. The molecule has 0 spiro atoms. The van der Waals surface area contributed by atoms with E-state index in [1.807, 2.05) is 12.3 Å². The molecule has 6 aromatic carbocycles. The fraction of sp³-hybridized carbons (Fsp3) is 0. The van der Waals surface area contributed by atoms with Gasteiger partial charge in [0.25, 0.3) is 0 Å². The van der Waals surface area contributed by atoms with Crippen molar-refractivity contribution in [3.63, 3.8) is 0 Å². The molecule has 2 aromatic heterocycles. The Morgan fingerprint density at radius 3 is 1.30 bits per heavy atom. The highest BCUT2D eigenvalue weighted by Gasteiger charge is 2.12. The normalized spacial score (nSPS) is 11.0. The third kappa shape index (κ3) is 5.60. The molecule has 0 N–H and O–H groups in total. The van der Waals surface area contributed by atoms with Gasteiger partial charge in [0.15, 0.2) is 0 Å². The van der Waals surface area contributed by atoms with Crippen molar-refractivity contribution in [3.8, 4) is 67.2 Å². The predicted molar refractivity (Wildman–Crippen MR) is 192 cm³/mol. The number of nitrogens with zero attached hydrogens (tertiary/aromatic N) is 2. The minimum Gasteiger partial charge on any atom is -0.256 e. The number of pyridine rings is 2. The summed E-state index contributed by atoms with van der Waals surface area (Å²) < 4.78 is 0. The molecule has 2 heterocycles. The summed E-state index contributed by atoms with van der Waals surface area (Å²) in [4.78, 5) is 10.00. The fourth-order valence-corrected chi connectivity index (χ4v) is 6.05. The molecular formula is C44H30N2. The van der Waals surface area contributed by atoms with Gasteiger partial charge in [-0.2, -0.15) is 0 Å². The zero-order chi connectivity index (χ0) is 30.7. The second-order valence-corrected chi connectivity index (χ2v) is 11.5. The van der Waals surface area contributed by atoms with Gasteiger partial charge in [0.2, 0.25) is 0 Å². The number of benzene rings is 6. The van der Waals surface area contributed by atoms with Crippen LogP contribution in [-0.2, 0) is 0 Å². The summed E-state index contributed by atoms with van der Waals surface area (Å²) in [5, 5.41) is 2.34. The first-order valence-corrected chi connectivity index (χ1v) is 15.6. The summed E-state index contributed by atoms with van der Waals surface area (Å²) in [6, 6.07) is 62.0. The molecule has 0 saturated heterocycles. The number of aromatic nitrogens is 2. The van der Waals surface area contributed by atoms with Crippen molar-refractivity contribution in [3.05, 3.63) is 182 Å². The molecule has 0 fully saturated rings. The molecular weight excluding hydrogens is 556 g/mol. The summed E-state index contributed by atoms with van der Waals surface area (Å²) in [7, 11) is 0. The first-order chi connectivity index (χ1) is 22.8. The third-order valence-corrected chi connectivity index (χ3v) is 8.50. The number of hydrogen-bond acceptors (Lipinski definition) is 2. The lowest BCUT2D eigenvalue weighted by molar-refractivity contribution is 1.32. The predicted octanol–water partition coefficient (Wildman–Crippen LogP) is 11.6. The van der Waals surface area contributed by atoms with E-state index in [0.29, 0.717) is 0 Å². The zero-order valence-corrected chi connectivity index (χ0v) is 25.2.